The molecule has 0 amide bonds. The Kier molecular flexibility index (Phi) is 5.20. The molecule has 5 heteroatoms. The third-order valence-corrected chi connectivity index (χ3v) is 2.02. The van der Waals surface area contributed by atoms with Crippen LogP contribution in [0.2, 0.25) is 0 Å². The van der Waals surface area contributed by atoms with Crippen molar-refractivity contribution in [1.29, 1.82) is 0 Å². The molecule has 0 saturated carbocycles. The van der Waals surface area contributed by atoms with Gasteiger partial charge in [-0.25, -0.2) is 4.79 Å². The van der Waals surface area contributed by atoms with Crippen LogP contribution in [0.5, 0.6) is 11.5 Å². The average Bonchev–Trinajstić information content (AvgIpc) is 2.33. The lowest BCUT2D eigenvalue weighted by Gasteiger charge is -2.12. The summed E-state index contributed by atoms with van der Waals surface area (Å²) in [5.41, 5.74) is 0.274. The van der Waals surface area contributed by atoms with Gasteiger partial charge >= 0.3 is 5.97 Å². The molecule has 1 aromatic rings. The summed E-state index contributed by atoms with van der Waals surface area (Å²) in [6, 6.07) is 6.20. The summed E-state index contributed by atoms with van der Waals surface area (Å²) in [6.07, 6.45) is -0.935. The molecule has 1 atom stereocenters. The highest BCUT2D eigenvalue weighted by molar-refractivity contribution is 5.86. The molecule has 1 unspecified atom stereocenters. The first kappa shape index (κ1) is 14.1. The number of esters is 1. The van der Waals surface area contributed by atoms with Crippen molar-refractivity contribution in [1.82, 2.24) is 0 Å². The molecule has 5 nitrogen and oxygen atoms in total. The summed E-state index contributed by atoms with van der Waals surface area (Å²) in [5.74, 6) is -0.0395. The zero-order chi connectivity index (χ0) is 13.5. The van der Waals surface area contributed by atoms with Crippen LogP contribution in [-0.4, -0.2) is 35.5 Å². The molecular formula is C13H16O5. The number of carbonyl (C=O) groups excluding carboxylic acids is 1. The van der Waals surface area contributed by atoms with Crippen LogP contribution < -0.4 is 4.74 Å². The largest absolute Gasteiger partial charge is 0.508 e. The Hall–Kier alpha value is -2.01. The number of hydrogen-bond donors (Lipinski definition) is 2. The zero-order valence-corrected chi connectivity index (χ0v) is 10.1. The van der Waals surface area contributed by atoms with E-state index in [0.29, 0.717) is 5.75 Å². The van der Waals surface area contributed by atoms with Crippen LogP contribution in [0.3, 0.4) is 0 Å². The van der Waals surface area contributed by atoms with Crippen LogP contribution >= 0.6 is 0 Å². The van der Waals surface area contributed by atoms with Gasteiger partial charge in [-0.15, -0.1) is 0 Å². The molecule has 98 valence electrons. The number of carbonyl (C=O) groups is 1. The van der Waals surface area contributed by atoms with Gasteiger partial charge in [-0.1, -0.05) is 12.6 Å². The second kappa shape index (κ2) is 6.66. The highest BCUT2D eigenvalue weighted by Gasteiger charge is 2.10. The van der Waals surface area contributed by atoms with Crippen LogP contribution in [0.15, 0.2) is 36.4 Å². The summed E-state index contributed by atoms with van der Waals surface area (Å²) >= 11 is 0. The van der Waals surface area contributed by atoms with Gasteiger partial charge in [-0.2, -0.15) is 0 Å². The second-order valence-corrected chi connectivity index (χ2v) is 3.84. The van der Waals surface area contributed by atoms with E-state index >= 15 is 0 Å². The maximum absolute atomic E-state index is 11.1. The van der Waals surface area contributed by atoms with Gasteiger partial charge < -0.3 is 19.7 Å². The van der Waals surface area contributed by atoms with E-state index in [1.807, 2.05) is 0 Å². The summed E-state index contributed by atoms with van der Waals surface area (Å²) in [6.45, 7) is 4.75. The van der Waals surface area contributed by atoms with Crippen molar-refractivity contribution in [3.05, 3.63) is 36.4 Å². The van der Waals surface area contributed by atoms with E-state index in [2.05, 4.69) is 6.58 Å². The lowest BCUT2D eigenvalue weighted by Crippen LogP contribution is -2.25. The third kappa shape index (κ3) is 4.88. The average molecular weight is 252 g/mol. The molecule has 0 aliphatic heterocycles. The van der Waals surface area contributed by atoms with E-state index in [-0.39, 0.29) is 24.5 Å². The van der Waals surface area contributed by atoms with Crippen molar-refractivity contribution < 1.29 is 24.5 Å². The van der Waals surface area contributed by atoms with Crippen molar-refractivity contribution >= 4 is 5.97 Å². The minimum absolute atomic E-state index is 0.0348. The monoisotopic (exact) mass is 252 g/mol. The van der Waals surface area contributed by atoms with E-state index in [9.17, 15) is 15.0 Å². The van der Waals surface area contributed by atoms with Crippen molar-refractivity contribution in [3.8, 4) is 11.5 Å². The van der Waals surface area contributed by atoms with Gasteiger partial charge in [0, 0.05) is 11.6 Å². The number of ether oxygens (including phenoxy) is 2. The van der Waals surface area contributed by atoms with Gasteiger partial charge in [-0.3, -0.25) is 0 Å². The number of rotatable bonds is 6. The van der Waals surface area contributed by atoms with Crippen molar-refractivity contribution in [3.63, 3.8) is 0 Å². The van der Waals surface area contributed by atoms with Gasteiger partial charge in [-0.05, 0) is 19.1 Å². The number of hydrogen-bond acceptors (Lipinski definition) is 5. The number of aliphatic hydroxyl groups is 1. The highest BCUT2D eigenvalue weighted by atomic mass is 16.5. The highest BCUT2D eigenvalue weighted by Crippen LogP contribution is 2.17. The van der Waals surface area contributed by atoms with Crippen LogP contribution in [0.25, 0.3) is 0 Å². The SMILES string of the molecule is C=C(C)C(=O)OCC(O)COc1cccc(O)c1. The quantitative estimate of drug-likeness (QED) is 0.588. The van der Waals surface area contributed by atoms with E-state index in [1.165, 1.54) is 19.1 Å². The molecule has 0 radical (unpaired) electrons. The molecule has 0 spiro atoms. The van der Waals surface area contributed by atoms with Crippen LogP contribution in [-0.2, 0) is 9.53 Å². The second-order valence-electron chi connectivity index (χ2n) is 3.84. The molecule has 1 rings (SSSR count). The predicted octanol–water partition coefficient (Wildman–Crippen LogP) is 1.25. The molecule has 0 aromatic heterocycles. The topological polar surface area (TPSA) is 76.0 Å². The fourth-order valence-corrected chi connectivity index (χ4v) is 1.11. The number of aliphatic hydroxyl groups excluding tert-OH is 1. The number of phenols is 1. The number of benzene rings is 1. The Balaban J connectivity index is 2.31. The van der Waals surface area contributed by atoms with E-state index in [1.54, 1.807) is 12.1 Å². The molecule has 0 bridgehead atoms. The minimum atomic E-state index is -0.935. The third-order valence-electron chi connectivity index (χ3n) is 2.02. The number of phenolic OH excluding ortho intramolecular Hbond substituents is 1. The molecule has 0 aliphatic carbocycles. The van der Waals surface area contributed by atoms with Crippen molar-refractivity contribution in [2.45, 2.75) is 13.0 Å². The maximum Gasteiger partial charge on any atom is 0.333 e. The minimum Gasteiger partial charge on any atom is -0.508 e. The van der Waals surface area contributed by atoms with Crippen LogP contribution in [0, 0.1) is 0 Å². The van der Waals surface area contributed by atoms with Gasteiger partial charge in [0.2, 0.25) is 0 Å². The Morgan fingerprint density at radius 2 is 2.17 bits per heavy atom. The Labute approximate surface area is 105 Å². The first-order valence-corrected chi connectivity index (χ1v) is 5.41. The normalized spacial score (nSPS) is 11.7. The zero-order valence-electron chi connectivity index (χ0n) is 10.1. The summed E-state index contributed by atoms with van der Waals surface area (Å²) < 4.78 is 9.98. The fraction of sp³-hybridized carbons (Fsp3) is 0.308. The summed E-state index contributed by atoms with van der Waals surface area (Å²) in [4.78, 5) is 11.1. The molecule has 0 heterocycles. The van der Waals surface area contributed by atoms with Gasteiger partial charge in [0.15, 0.2) is 0 Å². The lowest BCUT2D eigenvalue weighted by atomic mass is 10.3. The van der Waals surface area contributed by atoms with Crippen molar-refractivity contribution in [2.75, 3.05) is 13.2 Å². The van der Waals surface area contributed by atoms with Gasteiger partial charge in [0.1, 0.15) is 30.8 Å². The Bertz CT molecular complexity index is 427. The summed E-state index contributed by atoms with van der Waals surface area (Å²) in [5, 5.41) is 18.7. The van der Waals surface area contributed by atoms with Crippen LogP contribution in [0.1, 0.15) is 6.92 Å². The molecule has 0 aliphatic rings. The molecule has 2 N–H and O–H groups in total. The molecule has 1 aromatic carbocycles. The Morgan fingerprint density at radius 1 is 1.44 bits per heavy atom. The number of aromatic hydroxyl groups is 1. The first-order valence-electron chi connectivity index (χ1n) is 5.41. The van der Waals surface area contributed by atoms with E-state index < -0.39 is 12.1 Å². The maximum atomic E-state index is 11.1. The predicted molar refractivity (Wildman–Crippen MR) is 65.4 cm³/mol. The smallest absolute Gasteiger partial charge is 0.333 e. The molecule has 18 heavy (non-hydrogen) atoms. The lowest BCUT2D eigenvalue weighted by molar-refractivity contribution is -0.142. The van der Waals surface area contributed by atoms with Crippen LogP contribution in [0.4, 0.5) is 0 Å². The standard InChI is InChI=1S/C13H16O5/c1-9(2)13(16)18-8-11(15)7-17-12-5-3-4-10(14)6-12/h3-6,11,14-15H,1,7-8H2,2H3. The van der Waals surface area contributed by atoms with E-state index in [4.69, 9.17) is 9.47 Å². The fourth-order valence-electron chi connectivity index (χ4n) is 1.11. The molecular weight excluding hydrogens is 236 g/mol. The summed E-state index contributed by atoms with van der Waals surface area (Å²) in [7, 11) is 0. The Morgan fingerprint density at radius 3 is 2.78 bits per heavy atom. The molecule has 0 saturated heterocycles. The van der Waals surface area contributed by atoms with Crippen molar-refractivity contribution in [2.24, 2.45) is 0 Å². The van der Waals surface area contributed by atoms with Gasteiger partial charge in [0.05, 0.1) is 0 Å². The molecule has 0 fully saturated rings. The first-order chi connectivity index (χ1) is 8.49. The van der Waals surface area contributed by atoms with E-state index in [0.717, 1.165) is 0 Å². The van der Waals surface area contributed by atoms with Gasteiger partial charge in [0.25, 0.3) is 0 Å².